The van der Waals surface area contributed by atoms with Gasteiger partial charge in [0.15, 0.2) is 0 Å². The largest absolute Gasteiger partial charge is 0.507 e. The Morgan fingerprint density at radius 1 is 1.22 bits per heavy atom. The Hall–Kier alpha value is -1.92. The highest BCUT2D eigenvalue weighted by Gasteiger charge is 2.00. The zero-order valence-electron chi connectivity index (χ0n) is 9.65. The monoisotopic (exact) mass is 301 g/mol. The molecule has 2 rings (SSSR count). The summed E-state index contributed by atoms with van der Waals surface area (Å²) in [5.74, 6) is 2.85. The van der Waals surface area contributed by atoms with Crippen molar-refractivity contribution < 1.29 is 5.11 Å². The average molecular weight is 302 g/mol. The SMILES string of the molecule is C#Cc1cccc(NCc2ccc(O)c(Br)c2)c1. The smallest absolute Gasteiger partial charge is 0.129 e. The Kier molecular flexibility index (Phi) is 3.91. The standard InChI is InChI=1S/C15H12BrNO/c1-2-11-4-3-5-13(8-11)17-10-12-6-7-15(18)14(16)9-12/h1,3-9,17-18H,10H2. The summed E-state index contributed by atoms with van der Waals surface area (Å²) >= 11 is 3.29. The first-order valence-electron chi connectivity index (χ1n) is 5.47. The molecule has 0 aromatic heterocycles. The summed E-state index contributed by atoms with van der Waals surface area (Å²) in [6, 6.07) is 13.1. The van der Waals surface area contributed by atoms with Crippen molar-refractivity contribution in [1.82, 2.24) is 0 Å². The van der Waals surface area contributed by atoms with E-state index < -0.39 is 0 Å². The van der Waals surface area contributed by atoms with E-state index in [1.54, 1.807) is 6.07 Å². The van der Waals surface area contributed by atoms with E-state index in [4.69, 9.17) is 6.42 Å². The number of hydrogen-bond donors (Lipinski definition) is 2. The van der Waals surface area contributed by atoms with Crippen LogP contribution in [-0.2, 0) is 6.54 Å². The minimum absolute atomic E-state index is 0.244. The third-order valence-electron chi connectivity index (χ3n) is 2.54. The number of rotatable bonds is 3. The van der Waals surface area contributed by atoms with E-state index in [1.807, 2.05) is 36.4 Å². The van der Waals surface area contributed by atoms with Gasteiger partial charge in [-0.05, 0) is 51.8 Å². The number of nitrogens with one attached hydrogen (secondary N) is 1. The Balaban J connectivity index is 2.07. The summed E-state index contributed by atoms with van der Waals surface area (Å²) in [6.07, 6.45) is 5.35. The van der Waals surface area contributed by atoms with Gasteiger partial charge in [0.1, 0.15) is 5.75 Å². The molecule has 0 saturated carbocycles. The lowest BCUT2D eigenvalue weighted by molar-refractivity contribution is 0.471. The van der Waals surface area contributed by atoms with Crippen molar-refractivity contribution in [2.45, 2.75) is 6.54 Å². The van der Waals surface area contributed by atoms with Gasteiger partial charge in [0.25, 0.3) is 0 Å². The molecule has 3 heteroatoms. The number of anilines is 1. The third-order valence-corrected chi connectivity index (χ3v) is 3.17. The molecule has 0 aliphatic heterocycles. The molecule has 2 nitrogen and oxygen atoms in total. The van der Waals surface area contributed by atoms with Gasteiger partial charge in [-0.2, -0.15) is 0 Å². The van der Waals surface area contributed by atoms with Crippen molar-refractivity contribution in [3.63, 3.8) is 0 Å². The molecule has 0 spiro atoms. The average Bonchev–Trinajstić information content (AvgIpc) is 2.40. The highest BCUT2D eigenvalue weighted by molar-refractivity contribution is 9.10. The lowest BCUT2D eigenvalue weighted by atomic mass is 10.2. The first-order chi connectivity index (χ1) is 8.69. The van der Waals surface area contributed by atoms with Crippen LogP contribution in [0.15, 0.2) is 46.9 Å². The molecule has 0 unspecified atom stereocenters. The molecule has 0 amide bonds. The van der Waals surface area contributed by atoms with Crippen LogP contribution < -0.4 is 5.32 Å². The van der Waals surface area contributed by atoms with Gasteiger partial charge in [-0.3, -0.25) is 0 Å². The molecular weight excluding hydrogens is 290 g/mol. The van der Waals surface area contributed by atoms with Crippen LogP contribution >= 0.6 is 15.9 Å². The lowest BCUT2D eigenvalue weighted by Gasteiger charge is -2.08. The maximum absolute atomic E-state index is 9.41. The lowest BCUT2D eigenvalue weighted by Crippen LogP contribution is -1.99. The van der Waals surface area contributed by atoms with Crippen LogP contribution in [0.5, 0.6) is 5.75 Å². The van der Waals surface area contributed by atoms with Crippen molar-refractivity contribution in [3.05, 3.63) is 58.1 Å². The normalized spacial score (nSPS) is 9.78. The molecule has 0 aliphatic rings. The van der Waals surface area contributed by atoms with Gasteiger partial charge < -0.3 is 10.4 Å². The topological polar surface area (TPSA) is 32.3 Å². The van der Waals surface area contributed by atoms with E-state index >= 15 is 0 Å². The van der Waals surface area contributed by atoms with Gasteiger partial charge in [-0.15, -0.1) is 6.42 Å². The Bertz CT molecular complexity index is 602. The fourth-order valence-corrected chi connectivity index (χ4v) is 2.01. The fraction of sp³-hybridized carbons (Fsp3) is 0.0667. The number of phenols is 1. The Labute approximate surface area is 115 Å². The molecule has 0 heterocycles. The van der Waals surface area contributed by atoms with Crippen molar-refractivity contribution in [1.29, 1.82) is 0 Å². The first-order valence-corrected chi connectivity index (χ1v) is 6.26. The molecule has 0 bridgehead atoms. The summed E-state index contributed by atoms with van der Waals surface area (Å²) in [7, 11) is 0. The molecule has 90 valence electrons. The zero-order valence-corrected chi connectivity index (χ0v) is 11.2. The molecule has 18 heavy (non-hydrogen) atoms. The number of phenolic OH excluding ortho intramolecular Hbond substituents is 1. The number of benzene rings is 2. The summed E-state index contributed by atoms with van der Waals surface area (Å²) in [4.78, 5) is 0. The number of hydrogen-bond acceptors (Lipinski definition) is 2. The fourth-order valence-electron chi connectivity index (χ4n) is 1.58. The second-order valence-electron chi connectivity index (χ2n) is 3.86. The van der Waals surface area contributed by atoms with Gasteiger partial charge in [0.05, 0.1) is 4.47 Å². The minimum atomic E-state index is 0.244. The summed E-state index contributed by atoms with van der Waals surface area (Å²) in [6.45, 7) is 0.674. The van der Waals surface area contributed by atoms with Crippen molar-refractivity contribution in [3.8, 4) is 18.1 Å². The molecular formula is C15H12BrNO. The predicted molar refractivity (Wildman–Crippen MR) is 77.5 cm³/mol. The maximum atomic E-state index is 9.41. The highest BCUT2D eigenvalue weighted by Crippen LogP contribution is 2.24. The molecule has 0 atom stereocenters. The van der Waals surface area contributed by atoms with E-state index in [0.29, 0.717) is 11.0 Å². The molecule has 0 radical (unpaired) electrons. The van der Waals surface area contributed by atoms with Gasteiger partial charge >= 0.3 is 0 Å². The van der Waals surface area contributed by atoms with Crippen LogP contribution in [0.1, 0.15) is 11.1 Å². The van der Waals surface area contributed by atoms with E-state index in [-0.39, 0.29) is 5.75 Å². The number of terminal acetylenes is 1. The minimum Gasteiger partial charge on any atom is -0.507 e. The van der Waals surface area contributed by atoms with E-state index in [9.17, 15) is 5.11 Å². The van der Waals surface area contributed by atoms with Crippen molar-refractivity contribution in [2.24, 2.45) is 0 Å². The van der Waals surface area contributed by atoms with E-state index in [0.717, 1.165) is 16.8 Å². The van der Waals surface area contributed by atoms with Gasteiger partial charge in [0, 0.05) is 17.8 Å². The summed E-state index contributed by atoms with van der Waals surface area (Å²) < 4.78 is 0.694. The van der Waals surface area contributed by atoms with Crippen LogP contribution in [0.2, 0.25) is 0 Å². The van der Waals surface area contributed by atoms with Gasteiger partial charge in [-0.25, -0.2) is 0 Å². The van der Waals surface area contributed by atoms with Crippen LogP contribution in [0.3, 0.4) is 0 Å². The van der Waals surface area contributed by atoms with Gasteiger partial charge in [0.2, 0.25) is 0 Å². The third kappa shape index (κ3) is 3.06. The molecule has 2 aromatic carbocycles. The van der Waals surface area contributed by atoms with Crippen molar-refractivity contribution in [2.75, 3.05) is 5.32 Å². The van der Waals surface area contributed by atoms with Crippen molar-refractivity contribution >= 4 is 21.6 Å². The quantitative estimate of drug-likeness (QED) is 0.846. The Morgan fingerprint density at radius 2 is 2.06 bits per heavy atom. The Morgan fingerprint density at radius 3 is 2.78 bits per heavy atom. The summed E-state index contributed by atoms with van der Waals surface area (Å²) in [5.41, 5.74) is 2.91. The molecule has 2 N–H and O–H groups in total. The first kappa shape index (κ1) is 12.5. The van der Waals surface area contributed by atoms with Crippen LogP contribution in [0, 0.1) is 12.3 Å². The molecule has 0 fully saturated rings. The van der Waals surface area contributed by atoms with E-state index in [1.165, 1.54) is 0 Å². The zero-order chi connectivity index (χ0) is 13.0. The summed E-state index contributed by atoms with van der Waals surface area (Å²) in [5, 5.41) is 12.7. The highest BCUT2D eigenvalue weighted by atomic mass is 79.9. The van der Waals surface area contributed by atoms with E-state index in [2.05, 4.69) is 27.2 Å². The number of halogens is 1. The van der Waals surface area contributed by atoms with Gasteiger partial charge in [-0.1, -0.05) is 18.1 Å². The van der Waals surface area contributed by atoms with Crippen LogP contribution in [-0.4, -0.2) is 5.11 Å². The predicted octanol–water partition coefficient (Wildman–Crippen LogP) is 3.75. The second-order valence-corrected chi connectivity index (χ2v) is 4.72. The van der Waals surface area contributed by atoms with Crippen LogP contribution in [0.4, 0.5) is 5.69 Å². The molecule has 2 aromatic rings. The van der Waals surface area contributed by atoms with Crippen LogP contribution in [0.25, 0.3) is 0 Å². The second kappa shape index (κ2) is 5.61. The maximum Gasteiger partial charge on any atom is 0.129 e. The molecule has 0 aliphatic carbocycles. The molecule has 0 saturated heterocycles. The number of aromatic hydroxyl groups is 1.